The summed E-state index contributed by atoms with van der Waals surface area (Å²) in [7, 11) is 3.11. The molecule has 8 nitrogen and oxygen atoms in total. The van der Waals surface area contributed by atoms with Crippen LogP contribution in [0, 0.1) is 0 Å². The van der Waals surface area contributed by atoms with Crippen LogP contribution in [0.4, 0.5) is 0 Å². The topological polar surface area (TPSA) is 103 Å². The Bertz CT molecular complexity index is 667. The van der Waals surface area contributed by atoms with Crippen LogP contribution in [-0.2, 0) is 11.3 Å². The van der Waals surface area contributed by atoms with Crippen molar-refractivity contribution < 1.29 is 23.0 Å². The zero-order valence-electron chi connectivity index (χ0n) is 12.2. The zero-order chi connectivity index (χ0) is 15.9. The second-order valence-corrected chi connectivity index (χ2v) is 5.04. The Kier molecular flexibility index (Phi) is 5.87. The third-order valence-corrected chi connectivity index (χ3v) is 3.34. The highest BCUT2D eigenvalue weighted by Crippen LogP contribution is 2.34. The summed E-state index contributed by atoms with van der Waals surface area (Å²) in [5, 5.41) is 0.707. The van der Waals surface area contributed by atoms with Crippen LogP contribution in [0.2, 0.25) is 0 Å². The lowest BCUT2D eigenvalue weighted by Crippen LogP contribution is -2.19. The number of hydrogen-bond acceptors (Lipinski definition) is 6. The molecule has 1 atom stereocenters. The Hall–Kier alpha value is -1.97. The monoisotopic (exact) mass is 327 g/mol. The molecule has 22 heavy (non-hydrogen) atoms. The highest BCUT2D eigenvalue weighted by Gasteiger charge is 2.11. The van der Waals surface area contributed by atoms with E-state index in [1.807, 2.05) is 0 Å². The average Bonchev–Trinajstić information content (AvgIpc) is 2.53. The maximum absolute atomic E-state index is 10.5. The minimum atomic E-state index is -2.01. The van der Waals surface area contributed by atoms with Crippen LogP contribution in [-0.4, -0.2) is 46.1 Å². The number of nitrogens with zero attached hydrogens (tertiary/aromatic N) is 2. The van der Waals surface area contributed by atoms with Crippen LogP contribution in [0.1, 0.15) is 6.42 Å². The molecule has 120 valence electrons. The minimum Gasteiger partial charge on any atom is -0.493 e. The molecule has 9 heteroatoms. The van der Waals surface area contributed by atoms with Gasteiger partial charge in [-0.1, -0.05) is 0 Å². The highest BCUT2D eigenvalue weighted by atomic mass is 32.2. The molecule has 1 aromatic carbocycles. The van der Waals surface area contributed by atoms with Gasteiger partial charge >= 0.3 is 0 Å². The lowest BCUT2D eigenvalue weighted by atomic mass is 10.2. The third kappa shape index (κ3) is 4.03. The molecule has 2 rings (SSSR count). The molecule has 0 fully saturated rings. The van der Waals surface area contributed by atoms with Crippen LogP contribution < -0.4 is 18.9 Å². The van der Waals surface area contributed by atoms with E-state index in [9.17, 15) is 4.21 Å². The van der Waals surface area contributed by atoms with Gasteiger partial charge in [-0.3, -0.25) is 4.55 Å². The van der Waals surface area contributed by atoms with E-state index in [2.05, 4.69) is 14.7 Å². The fraction of sp³-hybridized carbons (Fsp3) is 0.385. The van der Waals surface area contributed by atoms with Crippen LogP contribution in [0.15, 0.2) is 18.5 Å². The van der Waals surface area contributed by atoms with Crippen LogP contribution in [0.5, 0.6) is 17.4 Å². The highest BCUT2D eigenvalue weighted by molar-refractivity contribution is 7.77. The fourth-order valence-electron chi connectivity index (χ4n) is 1.87. The number of hydrogen-bond donors (Lipinski definition) is 2. The molecule has 1 unspecified atom stereocenters. The van der Waals surface area contributed by atoms with Gasteiger partial charge in [0, 0.05) is 12.6 Å². The summed E-state index contributed by atoms with van der Waals surface area (Å²) < 4.78 is 37.5. The number of ether oxygens (including phenoxy) is 3. The van der Waals surface area contributed by atoms with Crippen molar-refractivity contribution >= 4 is 22.2 Å². The van der Waals surface area contributed by atoms with Gasteiger partial charge in [0.05, 0.1) is 31.7 Å². The van der Waals surface area contributed by atoms with Crippen molar-refractivity contribution in [2.45, 2.75) is 6.42 Å². The van der Waals surface area contributed by atoms with E-state index in [1.54, 1.807) is 26.4 Å². The van der Waals surface area contributed by atoms with Gasteiger partial charge in [0.25, 0.3) is 0 Å². The molecular weight excluding hydrogens is 310 g/mol. The summed E-state index contributed by atoms with van der Waals surface area (Å²) in [6, 6.07) is 3.50. The molecule has 1 aromatic heterocycles. The summed E-state index contributed by atoms with van der Waals surface area (Å²) in [4.78, 5) is 8.29. The normalized spacial score (nSPS) is 12.1. The van der Waals surface area contributed by atoms with Crippen molar-refractivity contribution in [1.29, 1.82) is 0 Å². The van der Waals surface area contributed by atoms with E-state index >= 15 is 0 Å². The first-order valence-corrected chi connectivity index (χ1v) is 7.60. The summed E-state index contributed by atoms with van der Waals surface area (Å²) >= 11 is -2.01. The van der Waals surface area contributed by atoms with Crippen molar-refractivity contribution in [2.75, 3.05) is 27.4 Å². The molecule has 0 amide bonds. The van der Waals surface area contributed by atoms with E-state index in [0.717, 1.165) is 0 Å². The summed E-state index contributed by atoms with van der Waals surface area (Å²) in [5.74, 6) is 1.57. The van der Waals surface area contributed by atoms with Crippen molar-refractivity contribution in [3.63, 3.8) is 0 Å². The molecule has 0 aliphatic rings. The Balaban J connectivity index is 2.14. The van der Waals surface area contributed by atoms with Gasteiger partial charge in [0.2, 0.25) is 17.1 Å². The zero-order valence-corrected chi connectivity index (χ0v) is 13.1. The van der Waals surface area contributed by atoms with Crippen LogP contribution in [0.25, 0.3) is 10.9 Å². The molecule has 0 aliphatic heterocycles. The van der Waals surface area contributed by atoms with Crippen LogP contribution >= 0.6 is 0 Å². The lowest BCUT2D eigenvalue weighted by Gasteiger charge is -2.11. The average molecular weight is 327 g/mol. The smallest absolute Gasteiger partial charge is 0.231 e. The van der Waals surface area contributed by atoms with Gasteiger partial charge < -0.3 is 14.2 Å². The largest absolute Gasteiger partial charge is 0.493 e. The Labute approximate surface area is 130 Å². The van der Waals surface area contributed by atoms with Crippen LogP contribution in [0.3, 0.4) is 0 Å². The molecule has 0 aliphatic carbocycles. The predicted octanol–water partition coefficient (Wildman–Crippen LogP) is 1.14. The second-order valence-electron chi connectivity index (χ2n) is 4.25. The molecule has 1 heterocycles. The second kappa shape index (κ2) is 7.87. The minimum absolute atomic E-state index is 0.352. The maximum atomic E-state index is 10.5. The maximum Gasteiger partial charge on any atom is 0.231 e. The standard InChI is InChI=1S/C13H17N3O5S/c1-19-11-6-9-10(7-12(11)20-2)14-8-15-13(9)21-5-3-4-16-22(17)18/h6-8,16H,3-5H2,1-2H3,(H,17,18). The number of methoxy groups -OCH3 is 2. The van der Waals surface area contributed by atoms with Crippen molar-refractivity contribution in [3.8, 4) is 17.4 Å². The molecule has 0 bridgehead atoms. The molecule has 0 radical (unpaired) electrons. The van der Waals surface area contributed by atoms with Gasteiger partial charge in [-0.2, -0.15) is 0 Å². The Morgan fingerprint density at radius 3 is 2.64 bits per heavy atom. The first-order chi connectivity index (χ1) is 10.7. The Morgan fingerprint density at radius 2 is 1.95 bits per heavy atom. The lowest BCUT2D eigenvalue weighted by molar-refractivity contribution is 0.303. The van der Waals surface area contributed by atoms with E-state index in [4.69, 9.17) is 18.8 Å². The first-order valence-electron chi connectivity index (χ1n) is 6.49. The molecule has 2 N–H and O–H groups in total. The first kappa shape index (κ1) is 16.4. The van der Waals surface area contributed by atoms with Crippen molar-refractivity contribution in [1.82, 2.24) is 14.7 Å². The number of fused-ring (bicyclic) bond motifs is 1. The quantitative estimate of drug-likeness (QED) is 0.553. The number of aromatic nitrogens is 2. The number of rotatable bonds is 8. The van der Waals surface area contributed by atoms with Gasteiger partial charge in [0.1, 0.15) is 6.33 Å². The van der Waals surface area contributed by atoms with Gasteiger partial charge in [-0.25, -0.2) is 18.9 Å². The molecule has 0 spiro atoms. The molecular formula is C13H17N3O5S. The Morgan fingerprint density at radius 1 is 1.23 bits per heavy atom. The van der Waals surface area contributed by atoms with E-state index < -0.39 is 11.3 Å². The van der Waals surface area contributed by atoms with Gasteiger partial charge in [-0.05, 0) is 12.5 Å². The number of benzene rings is 1. The summed E-state index contributed by atoms with van der Waals surface area (Å²) in [6.07, 6.45) is 1.97. The summed E-state index contributed by atoms with van der Waals surface area (Å²) in [6.45, 7) is 0.716. The molecule has 2 aromatic rings. The van der Waals surface area contributed by atoms with Gasteiger partial charge in [-0.15, -0.1) is 0 Å². The fourth-order valence-corrected chi connectivity index (χ4v) is 2.19. The van der Waals surface area contributed by atoms with Gasteiger partial charge in [0.15, 0.2) is 11.5 Å². The predicted molar refractivity (Wildman–Crippen MR) is 81.5 cm³/mol. The van der Waals surface area contributed by atoms with E-state index in [0.29, 0.717) is 47.9 Å². The SMILES string of the molecule is COc1cc2ncnc(OCCCNS(=O)O)c2cc1OC. The van der Waals surface area contributed by atoms with E-state index in [-0.39, 0.29) is 0 Å². The third-order valence-electron chi connectivity index (χ3n) is 2.89. The van der Waals surface area contributed by atoms with Crippen molar-refractivity contribution in [3.05, 3.63) is 18.5 Å². The molecule has 0 saturated heterocycles. The molecule has 0 saturated carbocycles. The number of nitrogens with one attached hydrogen (secondary N) is 1. The van der Waals surface area contributed by atoms with E-state index in [1.165, 1.54) is 6.33 Å². The van der Waals surface area contributed by atoms with Crippen molar-refractivity contribution in [2.24, 2.45) is 0 Å². The summed E-state index contributed by atoms with van der Waals surface area (Å²) in [5.41, 5.74) is 0.678.